The first kappa shape index (κ1) is 27.3. The standard InChI is InChI=1S/C31H38N4O3/c1-19-7-12-28-24(13-19)17-35(18-31(4,5)38-28)16-23-14-22(9-8-20(23)2)26(15-29(36)37)25-10-11-27(33-6)30(34-32)21(25)3/h7-14,26,32-33H,15-18H2,1-6H3,(H,36,37)/t26-/m1/s1. The summed E-state index contributed by atoms with van der Waals surface area (Å²) in [5.41, 5.74) is 16.0. The zero-order valence-corrected chi connectivity index (χ0v) is 23.2. The lowest BCUT2D eigenvalue weighted by molar-refractivity contribution is -0.137. The first-order valence-corrected chi connectivity index (χ1v) is 13.0. The third kappa shape index (κ3) is 5.89. The van der Waals surface area contributed by atoms with Gasteiger partial charge in [-0.05, 0) is 74.6 Å². The lowest BCUT2D eigenvalue weighted by Gasteiger charge is -2.30. The molecule has 7 nitrogen and oxygen atoms in total. The van der Waals surface area contributed by atoms with E-state index in [2.05, 4.69) is 73.4 Å². The number of nitrogens with zero attached hydrogens (tertiary/aromatic N) is 2. The van der Waals surface area contributed by atoms with Crippen molar-refractivity contribution in [3.63, 3.8) is 0 Å². The highest BCUT2D eigenvalue weighted by Gasteiger charge is 2.30. The summed E-state index contributed by atoms with van der Waals surface area (Å²) in [4.78, 5) is 14.4. The van der Waals surface area contributed by atoms with Crippen LogP contribution < -0.4 is 10.1 Å². The maximum Gasteiger partial charge on any atom is 0.304 e. The molecule has 0 amide bonds. The predicted octanol–water partition coefficient (Wildman–Crippen LogP) is 7.10. The fourth-order valence-corrected chi connectivity index (χ4v) is 5.55. The van der Waals surface area contributed by atoms with Crippen LogP contribution in [0.25, 0.3) is 0 Å². The Morgan fingerprint density at radius 1 is 1.16 bits per heavy atom. The smallest absolute Gasteiger partial charge is 0.304 e. The van der Waals surface area contributed by atoms with Crippen LogP contribution in [0.3, 0.4) is 0 Å². The number of carbonyl (C=O) groups is 1. The maximum atomic E-state index is 12.0. The Morgan fingerprint density at radius 2 is 1.92 bits per heavy atom. The van der Waals surface area contributed by atoms with E-state index in [1.807, 2.05) is 25.1 Å². The number of hydrogen-bond acceptors (Lipinski definition) is 6. The number of hydrogen-bond donors (Lipinski definition) is 3. The molecule has 0 fully saturated rings. The van der Waals surface area contributed by atoms with Crippen molar-refractivity contribution in [1.29, 1.82) is 5.53 Å². The van der Waals surface area contributed by atoms with Gasteiger partial charge in [-0.25, -0.2) is 5.53 Å². The lowest BCUT2D eigenvalue weighted by atomic mass is 9.84. The highest BCUT2D eigenvalue weighted by Crippen LogP contribution is 2.39. The van der Waals surface area contributed by atoms with E-state index in [4.69, 9.17) is 10.3 Å². The highest BCUT2D eigenvalue weighted by molar-refractivity contribution is 5.73. The Hall–Kier alpha value is -3.71. The zero-order valence-electron chi connectivity index (χ0n) is 23.2. The van der Waals surface area contributed by atoms with Crippen molar-refractivity contribution in [2.45, 2.75) is 65.6 Å². The topological polar surface area (TPSA) is 98.0 Å². The third-order valence-corrected chi connectivity index (χ3v) is 7.38. The Balaban J connectivity index is 1.72. The second kappa shape index (κ2) is 11.0. The molecule has 7 heteroatoms. The second-order valence-corrected chi connectivity index (χ2v) is 11.0. The fourth-order valence-electron chi connectivity index (χ4n) is 5.55. The van der Waals surface area contributed by atoms with Crippen LogP contribution in [-0.2, 0) is 17.9 Å². The SMILES string of the molecule is CNc1ccc([C@H](CC(=O)O)c2ccc(C)c(CN3Cc4cc(C)ccc4OC(C)(C)C3)c2)c(C)c1N=N. The van der Waals surface area contributed by atoms with Gasteiger partial charge in [0.1, 0.15) is 17.0 Å². The van der Waals surface area contributed by atoms with Gasteiger partial charge in [-0.2, -0.15) is 5.11 Å². The number of carboxylic acids is 1. The van der Waals surface area contributed by atoms with Gasteiger partial charge in [-0.15, -0.1) is 0 Å². The number of ether oxygens (including phenoxy) is 1. The van der Waals surface area contributed by atoms with E-state index in [0.29, 0.717) is 5.69 Å². The van der Waals surface area contributed by atoms with E-state index in [1.54, 1.807) is 7.05 Å². The van der Waals surface area contributed by atoms with E-state index in [-0.39, 0.29) is 17.9 Å². The summed E-state index contributed by atoms with van der Waals surface area (Å²) in [7, 11) is 1.79. The van der Waals surface area contributed by atoms with Crippen LogP contribution in [-0.4, -0.2) is 35.2 Å². The molecule has 3 aromatic rings. The van der Waals surface area contributed by atoms with E-state index in [1.165, 1.54) is 22.3 Å². The van der Waals surface area contributed by atoms with Gasteiger partial charge >= 0.3 is 5.97 Å². The number of aliphatic carboxylic acids is 1. The number of nitrogens with one attached hydrogen (secondary N) is 2. The molecule has 0 aromatic heterocycles. The first-order chi connectivity index (χ1) is 18.0. The molecule has 0 radical (unpaired) electrons. The summed E-state index contributed by atoms with van der Waals surface area (Å²) in [6, 6.07) is 16.5. The van der Waals surface area contributed by atoms with E-state index in [9.17, 15) is 9.90 Å². The quantitative estimate of drug-likeness (QED) is 0.279. The van der Waals surface area contributed by atoms with Crippen LogP contribution in [0, 0.1) is 26.3 Å². The molecular formula is C31H38N4O3. The molecule has 0 aliphatic carbocycles. The summed E-state index contributed by atoms with van der Waals surface area (Å²) in [5, 5.41) is 16.6. The van der Waals surface area contributed by atoms with Gasteiger partial charge in [-0.1, -0.05) is 42.0 Å². The van der Waals surface area contributed by atoms with E-state index < -0.39 is 5.97 Å². The van der Waals surface area contributed by atoms with Gasteiger partial charge in [0.25, 0.3) is 0 Å². The van der Waals surface area contributed by atoms with Crippen LogP contribution in [0.5, 0.6) is 5.75 Å². The Kier molecular flexibility index (Phi) is 7.88. The highest BCUT2D eigenvalue weighted by atomic mass is 16.5. The Labute approximate surface area is 225 Å². The number of aryl methyl sites for hydroxylation is 2. The van der Waals surface area contributed by atoms with Gasteiger partial charge in [0.2, 0.25) is 0 Å². The van der Waals surface area contributed by atoms with Crippen LogP contribution in [0.15, 0.2) is 53.6 Å². The normalized spacial score (nSPS) is 15.6. The van der Waals surface area contributed by atoms with E-state index in [0.717, 1.165) is 47.8 Å². The Morgan fingerprint density at radius 3 is 2.61 bits per heavy atom. The largest absolute Gasteiger partial charge is 0.486 e. The molecule has 38 heavy (non-hydrogen) atoms. The maximum absolute atomic E-state index is 12.0. The number of carboxylic acid groups (broad SMARTS) is 1. The van der Waals surface area contributed by atoms with Crippen molar-refractivity contribution in [1.82, 2.24) is 4.90 Å². The van der Waals surface area contributed by atoms with Crippen LogP contribution >= 0.6 is 0 Å². The summed E-state index contributed by atoms with van der Waals surface area (Å²) in [6.45, 7) is 12.6. The molecule has 1 heterocycles. The van der Waals surface area contributed by atoms with Gasteiger partial charge in [0, 0.05) is 38.2 Å². The van der Waals surface area contributed by atoms with Crippen molar-refractivity contribution in [3.8, 4) is 5.75 Å². The summed E-state index contributed by atoms with van der Waals surface area (Å²) < 4.78 is 6.38. The van der Waals surface area contributed by atoms with Gasteiger partial charge in [0.15, 0.2) is 0 Å². The van der Waals surface area contributed by atoms with Crippen molar-refractivity contribution in [2.75, 3.05) is 18.9 Å². The van der Waals surface area contributed by atoms with Gasteiger partial charge < -0.3 is 15.2 Å². The van der Waals surface area contributed by atoms with Crippen molar-refractivity contribution >= 4 is 17.3 Å². The molecular weight excluding hydrogens is 476 g/mol. The average Bonchev–Trinajstić information content (AvgIpc) is 2.97. The molecule has 3 N–H and O–H groups in total. The predicted molar refractivity (Wildman–Crippen MR) is 151 cm³/mol. The molecule has 1 atom stereocenters. The average molecular weight is 515 g/mol. The lowest BCUT2D eigenvalue weighted by Crippen LogP contribution is -2.40. The summed E-state index contributed by atoms with van der Waals surface area (Å²) in [6.07, 6.45) is -0.0447. The number of anilines is 1. The molecule has 200 valence electrons. The Bertz CT molecular complexity index is 1370. The molecule has 0 bridgehead atoms. The zero-order chi connectivity index (χ0) is 27.6. The second-order valence-electron chi connectivity index (χ2n) is 11.0. The van der Waals surface area contributed by atoms with Crippen LogP contribution in [0.2, 0.25) is 0 Å². The van der Waals surface area contributed by atoms with Gasteiger partial charge in [-0.3, -0.25) is 9.69 Å². The molecule has 0 saturated heterocycles. The molecule has 1 aliphatic rings. The molecule has 1 aliphatic heterocycles. The molecule has 0 unspecified atom stereocenters. The third-order valence-electron chi connectivity index (χ3n) is 7.38. The summed E-state index contributed by atoms with van der Waals surface area (Å²) >= 11 is 0. The number of rotatable bonds is 8. The molecule has 0 spiro atoms. The fraction of sp³-hybridized carbons (Fsp3) is 0.387. The first-order valence-electron chi connectivity index (χ1n) is 13.0. The summed E-state index contributed by atoms with van der Waals surface area (Å²) in [5.74, 6) is -0.284. The number of benzene rings is 3. The minimum atomic E-state index is -0.864. The molecule has 3 aromatic carbocycles. The van der Waals surface area contributed by atoms with Crippen molar-refractivity contribution in [2.24, 2.45) is 5.11 Å². The molecule has 4 rings (SSSR count). The van der Waals surface area contributed by atoms with Crippen molar-refractivity contribution < 1.29 is 14.6 Å². The number of fused-ring (bicyclic) bond motifs is 1. The monoisotopic (exact) mass is 514 g/mol. The van der Waals surface area contributed by atoms with Gasteiger partial charge in [0.05, 0.1) is 12.1 Å². The van der Waals surface area contributed by atoms with E-state index >= 15 is 0 Å². The van der Waals surface area contributed by atoms with Crippen LogP contribution in [0.4, 0.5) is 11.4 Å². The minimum Gasteiger partial charge on any atom is -0.486 e. The van der Waals surface area contributed by atoms with Crippen molar-refractivity contribution in [3.05, 3.63) is 87.5 Å². The van der Waals surface area contributed by atoms with Crippen LogP contribution in [0.1, 0.15) is 65.1 Å². The minimum absolute atomic E-state index is 0.0447. The molecule has 0 saturated carbocycles.